The molecule has 4 aliphatic heterocycles. The van der Waals surface area contributed by atoms with E-state index in [0.29, 0.717) is 41.5 Å². The summed E-state index contributed by atoms with van der Waals surface area (Å²) in [4.78, 5) is 106. The van der Waals surface area contributed by atoms with Crippen LogP contribution in [0.25, 0.3) is 0 Å². The number of alkyl halides is 1. The van der Waals surface area contributed by atoms with Crippen LogP contribution in [0.2, 0.25) is 0 Å². The highest BCUT2D eigenvalue weighted by Gasteiger charge is 2.51. The Bertz CT molecular complexity index is 4910. The minimum absolute atomic E-state index is 0. The summed E-state index contributed by atoms with van der Waals surface area (Å²) in [6, 6.07) is 36.0. The summed E-state index contributed by atoms with van der Waals surface area (Å²) in [5.41, 5.74) is 0.644. The van der Waals surface area contributed by atoms with Crippen molar-refractivity contribution in [3.05, 3.63) is 252 Å². The van der Waals surface area contributed by atoms with E-state index in [-0.39, 0.29) is 66.2 Å². The number of benzene rings is 4. The first-order valence-electron chi connectivity index (χ1n) is 42.1. The quantitative estimate of drug-likeness (QED) is 0.0146. The molecule has 8 heterocycles. The number of carbonyl (C=O) groups excluding carboxylic acids is 1. The largest absolute Gasteiger partial charge is 0.497 e. The van der Waals surface area contributed by atoms with Crippen molar-refractivity contribution in [2.75, 3.05) is 54.6 Å². The van der Waals surface area contributed by atoms with Crippen LogP contribution in [0, 0.1) is 20.8 Å². The van der Waals surface area contributed by atoms with Crippen LogP contribution in [0.15, 0.2) is 174 Å². The Kier molecular flexibility index (Phi) is 40.3. The predicted molar refractivity (Wildman–Crippen MR) is 483 cm³/mol. The lowest BCUT2D eigenvalue weighted by atomic mass is 9.84. The number of carbonyl (C=O) groups is 1. The Morgan fingerprint density at radius 1 is 0.445 bits per heavy atom. The third-order valence-electron chi connectivity index (χ3n) is 23.0. The number of halogens is 1. The van der Waals surface area contributed by atoms with Crippen LogP contribution < -0.4 is 54.2 Å². The van der Waals surface area contributed by atoms with Gasteiger partial charge in [0, 0.05) is 79.8 Å². The fourth-order valence-corrected chi connectivity index (χ4v) is 14.7. The molecular weight excluding hydrogens is 1690 g/mol. The molecule has 12 rings (SSSR count). The van der Waals surface area contributed by atoms with Gasteiger partial charge in [-0.2, -0.15) is 4.98 Å². The van der Waals surface area contributed by atoms with Crippen LogP contribution in [0.3, 0.4) is 0 Å². The predicted octanol–water partition coefficient (Wildman–Crippen LogP) is 8.13. The molecule has 4 fully saturated rings. The number of aromatic nitrogens is 8. The van der Waals surface area contributed by atoms with E-state index in [0.717, 1.165) is 32.8 Å². The van der Waals surface area contributed by atoms with Crippen LogP contribution >= 0.6 is 11.6 Å². The van der Waals surface area contributed by atoms with E-state index in [1.165, 1.54) is 51.7 Å². The summed E-state index contributed by atoms with van der Waals surface area (Å²) in [6.45, 7) is 24.6. The molecule has 1 amide bonds. The van der Waals surface area contributed by atoms with Gasteiger partial charge in [-0.3, -0.25) is 52.4 Å². The molecule has 4 saturated heterocycles. The monoisotopic (exact) mass is 1820 g/mol. The van der Waals surface area contributed by atoms with E-state index in [1.54, 1.807) is 87.5 Å². The van der Waals surface area contributed by atoms with Crippen molar-refractivity contribution in [3.8, 4) is 11.5 Å². The van der Waals surface area contributed by atoms with Gasteiger partial charge in [0.05, 0.1) is 88.0 Å². The number of methoxy groups -OCH3 is 6. The third kappa shape index (κ3) is 25.8. The van der Waals surface area contributed by atoms with Crippen molar-refractivity contribution in [1.82, 2.24) is 38.2 Å². The number of aromatic amines is 3. The van der Waals surface area contributed by atoms with E-state index in [1.807, 2.05) is 154 Å². The summed E-state index contributed by atoms with van der Waals surface area (Å²) >= 11 is 7.22. The number of aliphatic hydroxyl groups excluding tert-OH is 5. The number of nitrogens with zero attached hydrogens (tertiary/aromatic N) is 5. The Hall–Kier alpha value is -9.52. The average molecular weight is 1820 g/mol. The number of H-pyrrole nitrogens is 3. The molecule has 0 bridgehead atoms. The topological polar surface area (TPSA) is 459 Å². The van der Waals surface area contributed by atoms with Crippen molar-refractivity contribution in [2.24, 2.45) is 0 Å². The molecule has 9 N–H and O–H groups in total. The minimum atomic E-state index is -1.13. The van der Waals surface area contributed by atoms with Crippen LogP contribution in [0.5, 0.6) is 11.5 Å². The Morgan fingerprint density at radius 2 is 0.734 bits per heavy atom. The third-order valence-corrected chi connectivity index (χ3v) is 23.7. The highest BCUT2D eigenvalue weighted by atomic mass is 35.5. The van der Waals surface area contributed by atoms with Crippen molar-refractivity contribution in [1.29, 1.82) is 0 Å². The fraction of sp³-hybridized carbons (Fsp3) is 0.549. The zero-order valence-corrected chi connectivity index (χ0v) is 76.1. The van der Waals surface area contributed by atoms with Gasteiger partial charge in [0.15, 0.2) is 24.9 Å². The summed E-state index contributed by atoms with van der Waals surface area (Å²) in [7, 11) is 9.58. The number of anilines is 1. The molecular formula is C91H134ClN9O27. The molecule has 37 heteroatoms. The maximum atomic E-state index is 12.7. The molecule has 4 unspecified atom stereocenters. The number of amides is 1. The number of hydrogen-bond donors (Lipinski definition) is 9. The lowest BCUT2D eigenvalue weighted by Crippen LogP contribution is -2.43. The smallest absolute Gasteiger partial charge is 0.351 e. The van der Waals surface area contributed by atoms with E-state index in [4.69, 9.17) is 77.9 Å². The Morgan fingerprint density at radius 3 is 1.02 bits per heavy atom. The second-order valence-electron chi connectivity index (χ2n) is 31.4. The summed E-state index contributed by atoms with van der Waals surface area (Å²) < 4.78 is 83.4. The summed E-state index contributed by atoms with van der Waals surface area (Å²) in [5.74, 6) is 1.37. The van der Waals surface area contributed by atoms with Crippen molar-refractivity contribution in [3.63, 3.8) is 0 Å². The highest BCUT2D eigenvalue weighted by Crippen LogP contribution is 2.45. The zero-order chi connectivity index (χ0) is 93.6. The summed E-state index contributed by atoms with van der Waals surface area (Å²) in [5, 5.41) is 54.1. The van der Waals surface area contributed by atoms with Crippen molar-refractivity contribution in [2.45, 2.75) is 275 Å². The second-order valence-corrected chi connectivity index (χ2v) is 31.9. The Labute approximate surface area is 752 Å². The maximum Gasteiger partial charge on any atom is 0.351 e. The molecule has 36 nitrogen and oxygen atoms in total. The molecule has 0 spiro atoms. The lowest BCUT2D eigenvalue weighted by Gasteiger charge is -2.29. The van der Waals surface area contributed by atoms with Gasteiger partial charge in [-0.15, -0.1) is 11.6 Å². The average Bonchev–Trinajstić information content (AvgIpc) is 1.76. The molecule has 4 aromatic carbocycles. The van der Waals surface area contributed by atoms with Crippen LogP contribution in [-0.2, 0) is 61.7 Å². The lowest BCUT2D eigenvalue weighted by molar-refractivity contribution is -0.130. The first kappa shape index (κ1) is 106. The first-order chi connectivity index (χ1) is 60.4. The van der Waals surface area contributed by atoms with Gasteiger partial charge < -0.3 is 97.2 Å². The van der Waals surface area contributed by atoms with Gasteiger partial charge in [0.25, 0.3) is 22.6 Å². The van der Waals surface area contributed by atoms with Gasteiger partial charge in [-0.25, -0.2) is 19.2 Å². The molecule has 0 saturated carbocycles. The molecule has 24 atom stereocenters. The molecule has 712 valence electrons. The zero-order valence-electron chi connectivity index (χ0n) is 75.3. The molecule has 4 aromatic heterocycles. The van der Waals surface area contributed by atoms with Crippen molar-refractivity contribution < 1.29 is 101 Å². The van der Waals surface area contributed by atoms with Gasteiger partial charge in [-0.1, -0.05) is 101 Å². The van der Waals surface area contributed by atoms with Crippen LogP contribution in [0.4, 0.5) is 5.82 Å². The maximum absolute atomic E-state index is 12.7. The number of aliphatic hydroxyl groups is 5. The molecule has 8 aromatic rings. The number of ether oxygens (including phenoxy) is 14. The number of nitrogens with one attached hydrogen (secondary N) is 4. The highest BCUT2D eigenvalue weighted by molar-refractivity contribution is 6.28. The molecule has 4 aliphatic rings. The normalized spacial score (nSPS) is 24.8. The molecule has 128 heavy (non-hydrogen) atoms. The Balaban J connectivity index is 0.000000341. The SMILES string of the molecule is C.CC[C@H]1O[C@@H](n2cc(C)c(=O)[nH]c2=O)[C@@H](O[C@H](C)[C@H](C)OC)C1O.CC[C@H]1O[C@@H](n2cc(C)c(=O)[nH]c2=O)[C@@H](O[C@H](C)[C@H](C)OC)C1O.CC[C@H]1O[C@@H](n2ccc(NC(=O)c3ccccc3)nc2=O)[C@@H](O[C@H](C)[C@H](C)OC)C1O.CO[C@@H](C)[C@@H](C)O[C@H]1C(O)[C@@H](CO)O[C@H]1n1cc(C)c(=O)[nH]c1=O.COc1ccc(C(Cl)(c2ccccc2)c2ccc(OC)cc2)cc1.[HH].[HH].[HH]. The van der Waals surface area contributed by atoms with Crippen molar-refractivity contribution >= 4 is 23.3 Å². The van der Waals surface area contributed by atoms with Gasteiger partial charge >= 0.3 is 22.8 Å². The fourth-order valence-electron chi connectivity index (χ4n) is 14.3. The van der Waals surface area contributed by atoms with Gasteiger partial charge in [0.1, 0.15) is 77.1 Å². The van der Waals surface area contributed by atoms with E-state index in [2.05, 4.69) is 25.3 Å². The molecule has 0 aliphatic carbocycles. The summed E-state index contributed by atoms with van der Waals surface area (Å²) in [6.07, 6.45) is -7.55. The van der Waals surface area contributed by atoms with Gasteiger partial charge in [-0.05, 0) is 155 Å². The van der Waals surface area contributed by atoms with E-state index in [9.17, 15) is 63.9 Å². The molecule has 0 radical (unpaired) electrons. The number of hydrogen-bond acceptors (Lipinski definition) is 28. The first-order valence-corrected chi connectivity index (χ1v) is 42.4. The van der Waals surface area contributed by atoms with E-state index >= 15 is 0 Å². The second kappa shape index (κ2) is 48.9. The minimum Gasteiger partial charge on any atom is -0.497 e. The van der Waals surface area contributed by atoms with E-state index < -0.39 is 155 Å². The standard InChI is InChI=1S/C22H29N3O6.C21H19ClO2.2C16H26N2O6.C15H24N2O7.CH4.3H2/c1-5-16-18(26)19(30-14(3)13(2)29-4)21(31-16)25-12-11-17(24-22(25)28)23-20(27)15-9-7-6-8-10-15;1-23-19-12-8-17(9-13-19)21(22,16-6-4-3-5-7-16)18-10-14-20(24-2)15-11-18;2*1-6-11-12(19)13(23-10(4)9(3)22-5)15(24-11)18-7-8(2)14(20)17-16(18)21;1-7-5-17(15(21)16-13(7)20)14-12(11(19)10(6-18)24-14)23-9(3)8(2)22-4;;;;/h6-14,16,18-19,21,26H,5H2,1-4H3,(H,23,24,27,28);3-15H,1-2H3;2*7,9-13,15,19H,6H2,1-5H3,(H,17,20,21);5,8-12,14,18-19H,6H2,1-4H3,(H,16,20,21);1H4;3*1H/t13-,14+,16+,18?,19-,21+;;2*9-,10+,11+,12?,13-,15+;8-,9+,10+,11?,12-,14+;;;;/m0.000..../s1. The van der Waals surface area contributed by atoms with Crippen LogP contribution in [-0.4, -0.2) is 241 Å². The number of aryl methyl sites for hydroxylation is 3. The number of rotatable bonds is 31. The van der Waals surface area contributed by atoms with Crippen LogP contribution in [0.1, 0.15) is 176 Å². The van der Waals surface area contributed by atoms with Gasteiger partial charge in [0.2, 0.25) is 0 Å².